The van der Waals surface area contributed by atoms with Gasteiger partial charge in [0.2, 0.25) is 11.7 Å². The Balaban J connectivity index is 1.57. The lowest BCUT2D eigenvalue weighted by Gasteiger charge is -2.60. The van der Waals surface area contributed by atoms with Crippen molar-refractivity contribution < 1.29 is 43.4 Å². The van der Waals surface area contributed by atoms with Gasteiger partial charge in [-0.15, -0.1) is 6.58 Å². The molecule has 60 heavy (non-hydrogen) atoms. The Bertz CT molecular complexity index is 2070. The van der Waals surface area contributed by atoms with Gasteiger partial charge in [0.25, 0.3) is 5.69 Å². The summed E-state index contributed by atoms with van der Waals surface area (Å²) in [6.07, 6.45) is 13.2. The minimum Gasteiger partial charge on any atom is -0.490 e. The second kappa shape index (κ2) is 20.6. The van der Waals surface area contributed by atoms with Crippen molar-refractivity contribution in [1.82, 2.24) is 4.90 Å². The van der Waals surface area contributed by atoms with Crippen LogP contribution in [-0.4, -0.2) is 77.0 Å². The van der Waals surface area contributed by atoms with E-state index in [0.717, 1.165) is 36.8 Å². The number of hydrogen-bond acceptors (Lipinski definition) is 10. The number of allylic oxidation sites excluding steroid dienone is 1. The number of hydrogen-bond donors (Lipinski definition) is 2. The zero-order valence-electron chi connectivity index (χ0n) is 34.0. The van der Waals surface area contributed by atoms with Crippen molar-refractivity contribution in [2.45, 2.75) is 69.2 Å². The number of oxime groups is 1. The van der Waals surface area contributed by atoms with Gasteiger partial charge in [-0.2, -0.15) is 0 Å². The molecule has 0 radical (unpaired) electrons. The number of nitrogens with zero attached hydrogens (tertiary/aromatic N) is 3. The summed E-state index contributed by atoms with van der Waals surface area (Å²) in [5.74, 6) is -1.87. The van der Waals surface area contributed by atoms with E-state index < -0.39 is 34.4 Å². The predicted molar refractivity (Wildman–Crippen MR) is 227 cm³/mol. The van der Waals surface area contributed by atoms with Gasteiger partial charge in [-0.05, 0) is 103 Å². The summed E-state index contributed by atoms with van der Waals surface area (Å²) in [6.45, 7) is 8.36. The van der Waals surface area contributed by atoms with Crippen LogP contribution in [0.5, 0.6) is 11.5 Å². The molecule has 6 atom stereocenters. The first-order valence-corrected chi connectivity index (χ1v) is 20.5. The molecule has 2 N–H and O–H groups in total. The molecule has 0 aromatic heterocycles. The van der Waals surface area contributed by atoms with Gasteiger partial charge in [-0.3, -0.25) is 14.9 Å². The summed E-state index contributed by atoms with van der Waals surface area (Å²) >= 11 is 0. The normalized spacial score (nSPS) is 23.5. The van der Waals surface area contributed by atoms with Crippen molar-refractivity contribution in [3.63, 3.8) is 0 Å². The summed E-state index contributed by atoms with van der Waals surface area (Å²) in [4.78, 5) is 32.9. The van der Waals surface area contributed by atoms with E-state index in [1.807, 2.05) is 18.2 Å². The van der Waals surface area contributed by atoms with E-state index in [1.54, 1.807) is 47.4 Å². The number of non-ortho nitro benzene ring substituents is 1. The van der Waals surface area contributed by atoms with Crippen LogP contribution in [-0.2, 0) is 20.9 Å². The number of unbranched alkanes of at least 4 members (excludes halogenated alkanes) is 2. The molecule has 1 fully saturated rings. The van der Waals surface area contributed by atoms with E-state index in [2.05, 4.69) is 24.4 Å². The first-order chi connectivity index (χ1) is 29.2. The van der Waals surface area contributed by atoms with Crippen LogP contribution in [0.2, 0.25) is 0 Å². The van der Waals surface area contributed by atoms with Gasteiger partial charge in [-0.25, -0.2) is 4.39 Å². The van der Waals surface area contributed by atoms with Crippen LogP contribution >= 0.6 is 0 Å². The van der Waals surface area contributed by atoms with E-state index in [9.17, 15) is 29.5 Å². The summed E-state index contributed by atoms with van der Waals surface area (Å²) in [6, 6.07) is 16.7. The van der Waals surface area contributed by atoms with Gasteiger partial charge in [0, 0.05) is 55.9 Å². The maximum absolute atomic E-state index is 14.9. The molecular weight excluding hydrogens is 770 g/mol. The topological polar surface area (TPSA) is 153 Å². The van der Waals surface area contributed by atoms with Crippen LogP contribution in [0, 0.1) is 33.7 Å². The first-order valence-electron chi connectivity index (χ1n) is 20.5. The number of nitro benzene ring substituents is 1. The SMILES string of the molecule is C=CCOc1ccc2c(c1)C1C(CCCCO)C(CCCCO)C=C3C(=NOC)CC(N(Cc4ccc(F)cc4)C(=O)C=Cc4ccc([N+](=O)[O-])cc4)C(OCC=C)(O2)C31. The summed E-state index contributed by atoms with van der Waals surface area (Å²) < 4.78 is 34.6. The number of benzene rings is 3. The highest BCUT2D eigenvalue weighted by atomic mass is 19.1. The van der Waals surface area contributed by atoms with E-state index in [-0.39, 0.29) is 56.2 Å². The molecule has 6 rings (SSSR count). The number of halogens is 1. The minimum absolute atomic E-state index is 0.0128. The molecule has 0 spiro atoms. The Morgan fingerprint density at radius 2 is 1.73 bits per heavy atom. The highest BCUT2D eigenvalue weighted by Crippen LogP contribution is 2.62. The maximum atomic E-state index is 14.9. The van der Waals surface area contributed by atoms with Gasteiger partial charge in [0.15, 0.2) is 0 Å². The fraction of sp³-hybridized carbons (Fsp3) is 0.404. The molecule has 1 aliphatic heterocycles. The summed E-state index contributed by atoms with van der Waals surface area (Å²) in [5, 5.41) is 35.6. The Morgan fingerprint density at radius 3 is 2.40 bits per heavy atom. The molecule has 3 aliphatic rings. The number of ether oxygens (including phenoxy) is 3. The number of rotatable bonds is 21. The lowest BCUT2D eigenvalue weighted by molar-refractivity contribution is -0.384. The molecule has 318 valence electrons. The van der Waals surface area contributed by atoms with Crippen LogP contribution in [0.4, 0.5) is 10.1 Å². The quantitative estimate of drug-likeness (QED) is 0.0355. The molecule has 12 nitrogen and oxygen atoms in total. The van der Waals surface area contributed by atoms with Gasteiger partial charge in [0.1, 0.15) is 37.1 Å². The third kappa shape index (κ3) is 9.70. The van der Waals surface area contributed by atoms with E-state index in [4.69, 9.17) is 19.0 Å². The number of aliphatic hydroxyl groups excluding tert-OH is 2. The summed E-state index contributed by atoms with van der Waals surface area (Å²) in [5.41, 5.74) is 3.58. The maximum Gasteiger partial charge on any atom is 0.269 e. The highest BCUT2D eigenvalue weighted by Gasteiger charge is 2.65. The number of fused-ring (bicyclic) bond motifs is 2. The Kier molecular flexibility index (Phi) is 15.1. The number of carbonyl (C=O) groups is 1. The Hall–Kier alpha value is -5.63. The summed E-state index contributed by atoms with van der Waals surface area (Å²) in [7, 11) is 1.49. The molecule has 13 heteroatoms. The molecule has 1 saturated carbocycles. The number of amides is 1. The average molecular weight is 824 g/mol. The average Bonchev–Trinajstić information content (AvgIpc) is 3.25. The molecule has 1 amide bonds. The molecule has 3 aromatic carbocycles. The molecule has 3 aromatic rings. The van der Waals surface area contributed by atoms with E-state index in [0.29, 0.717) is 47.8 Å². The number of aliphatic hydroxyl groups is 2. The van der Waals surface area contributed by atoms with Crippen molar-refractivity contribution in [2.75, 3.05) is 33.5 Å². The molecule has 0 saturated heterocycles. The predicted octanol–water partition coefficient (Wildman–Crippen LogP) is 8.30. The highest BCUT2D eigenvalue weighted by molar-refractivity contribution is 6.03. The fourth-order valence-electron chi connectivity index (χ4n) is 9.10. The zero-order valence-corrected chi connectivity index (χ0v) is 34.0. The lowest BCUT2D eigenvalue weighted by atomic mass is 9.55. The Labute approximate surface area is 350 Å². The third-order valence-corrected chi connectivity index (χ3v) is 11.7. The van der Waals surface area contributed by atoms with Crippen LogP contribution in [0.25, 0.3) is 6.08 Å². The van der Waals surface area contributed by atoms with Crippen molar-refractivity contribution in [3.8, 4) is 11.5 Å². The van der Waals surface area contributed by atoms with Crippen LogP contribution in [0.15, 0.2) is 115 Å². The van der Waals surface area contributed by atoms with Crippen LogP contribution in [0.1, 0.15) is 67.6 Å². The zero-order chi connectivity index (χ0) is 42.6. The van der Waals surface area contributed by atoms with Crippen LogP contribution < -0.4 is 9.47 Å². The van der Waals surface area contributed by atoms with E-state index in [1.165, 1.54) is 37.5 Å². The van der Waals surface area contributed by atoms with Crippen LogP contribution in [0.3, 0.4) is 0 Å². The van der Waals surface area contributed by atoms with Crippen molar-refractivity contribution in [3.05, 3.63) is 142 Å². The first kappa shape index (κ1) is 43.9. The van der Waals surface area contributed by atoms with Gasteiger partial charge < -0.3 is 34.2 Å². The van der Waals surface area contributed by atoms with Gasteiger partial charge in [-0.1, -0.05) is 54.9 Å². The third-order valence-electron chi connectivity index (χ3n) is 11.7. The minimum atomic E-state index is -1.52. The van der Waals surface area contributed by atoms with Gasteiger partial charge in [0.05, 0.1) is 23.2 Å². The fourth-order valence-corrected chi connectivity index (χ4v) is 9.10. The van der Waals surface area contributed by atoms with Crippen molar-refractivity contribution >= 4 is 23.4 Å². The Morgan fingerprint density at radius 1 is 1.02 bits per heavy atom. The molecule has 0 bridgehead atoms. The molecule has 6 unspecified atom stereocenters. The van der Waals surface area contributed by atoms with E-state index >= 15 is 0 Å². The molecular formula is C47H54FN3O9. The largest absolute Gasteiger partial charge is 0.490 e. The molecule has 2 aliphatic carbocycles. The number of carbonyl (C=O) groups excluding carboxylic acids is 1. The second-order valence-corrected chi connectivity index (χ2v) is 15.3. The standard InChI is InChI=1S/C47H54FN3O9/c1-4-26-58-37-21-22-42-40(29-37)45-38(11-7-9-25-53)34(10-6-8-24-52)28-39-41(49-57-3)30-43(47(60-42,46(39)45)59-27-5-2)50(31-33-12-17-35(48)18-13-33)44(54)23-16-32-14-19-36(20-15-32)51(55)56/h4-5,12-23,28-29,34,38,43,45-46,52-53H,1-2,6-11,24-27,30-31H2,3H3. The smallest absolute Gasteiger partial charge is 0.269 e. The van der Waals surface area contributed by atoms with Crippen molar-refractivity contribution in [2.24, 2.45) is 22.9 Å². The van der Waals surface area contributed by atoms with Gasteiger partial charge >= 0.3 is 0 Å². The molecule has 1 heterocycles. The monoisotopic (exact) mass is 823 g/mol. The van der Waals surface area contributed by atoms with Crippen molar-refractivity contribution in [1.29, 1.82) is 0 Å². The second-order valence-electron chi connectivity index (χ2n) is 15.3. The lowest BCUT2D eigenvalue weighted by Crippen LogP contribution is -2.70. The number of nitro groups is 1.